The molecule has 0 atom stereocenters. The van der Waals surface area contributed by atoms with Crippen LogP contribution in [-0.2, 0) is 6.42 Å². The van der Waals surface area contributed by atoms with E-state index in [4.69, 9.17) is 9.84 Å². The Morgan fingerprint density at radius 1 is 1.48 bits per heavy atom. The second-order valence-corrected chi connectivity index (χ2v) is 7.88. The second-order valence-electron chi connectivity index (χ2n) is 5.72. The first-order valence-corrected chi connectivity index (χ1v) is 8.39. The molecule has 1 N–H and O–H groups in total. The highest BCUT2D eigenvalue weighted by Crippen LogP contribution is 2.41. The molecule has 2 aromatic rings. The van der Waals surface area contributed by atoms with Crippen LogP contribution in [0.4, 0.5) is 0 Å². The minimum atomic E-state index is -0.920. The van der Waals surface area contributed by atoms with Crippen LogP contribution < -0.4 is 4.74 Å². The molecule has 110 valence electrons. The number of ether oxygens (including phenoxy) is 1. The molecule has 21 heavy (non-hydrogen) atoms. The number of rotatable bonds is 2. The molecule has 4 nitrogen and oxygen atoms in total. The lowest BCUT2D eigenvalue weighted by atomic mass is 10.0. The maximum atomic E-state index is 11.2. The van der Waals surface area contributed by atoms with Crippen LogP contribution in [0, 0.1) is 10.5 Å². The Morgan fingerprint density at radius 3 is 2.81 bits per heavy atom. The summed E-state index contributed by atoms with van der Waals surface area (Å²) in [6.07, 6.45) is 0.850. The van der Waals surface area contributed by atoms with E-state index >= 15 is 0 Å². The highest BCUT2D eigenvalue weighted by Gasteiger charge is 2.32. The molecule has 0 amide bonds. The van der Waals surface area contributed by atoms with Crippen LogP contribution in [0.5, 0.6) is 5.75 Å². The molecule has 0 saturated carbocycles. The number of nitrogens with zero attached hydrogens (tertiary/aromatic N) is 1. The lowest BCUT2D eigenvalue weighted by Gasteiger charge is -2.17. The first kappa shape index (κ1) is 14.8. The molecule has 3 rings (SSSR count). The molecule has 1 aliphatic heterocycles. The molecule has 0 saturated heterocycles. The minimum Gasteiger partial charge on any atom is -0.486 e. The van der Waals surface area contributed by atoms with Crippen LogP contribution in [0.2, 0.25) is 0 Å². The Morgan fingerprint density at radius 2 is 2.19 bits per heavy atom. The number of hydrogen-bond acceptors (Lipinski definition) is 4. The molecule has 1 aromatic heterocycles. The average Bonchev–Trinajstić information content (AvgIpc) is 2.88. The summed E-state index contributed by atoms with van der Waals surface area (Å²) >= 11 is 3.48. The van der Waals surface area contributed by atoms with Gasteiger partial charge in [-0.3, -0.25) is 0 Å². The van der Waals surface area contributed by atoms with Crippen LogP contribution in [0.3, 0.4) is 0 Å². The maximum absolute atomic E-state index is 11.2. The maximum Gasteiger partial charge on any atom is 0.347 e. The number of carboxylic acids is 1. The third-order valence-corrected chi connectivity index (χ3v) is 5.35. The fraction of sp³-hybridized carbons (Fsp3) is 0.333. The Labute approximate surface area is 140 Å². The Bertz CT molecular complexity index is 752. The number of benzene rings is 1. The number of aromatic carboxylic acids is 1. The van der Waals surface area contributed by atoms with E-state index in [-0.39, 0.29) is 5.60 Å². The molecule has 0 spiro atoms. The summed E-state index contributed by atoms with van der Waals surface area (Å²) in [5.41, 5.74) is 2.49. The van der Waals surface area contributed by atoms with Gasteiger partial charge in [0, 0.05) is 12.0 Å². The van der Waals surface area contributed by atoms with Crippen molar-refractivity contribution in [2.75, 3.05) is 0 Å². The van der Waals surface area contributed by atoms with Crippen molar-refractivity contribution in [3.8, 4) is 16.3 Å². The number of thiazole rings is 1. The number of aryl methyl sites for hydroxylation is 1. The van der Waals surface area contributed by atoms with Crippen molar-refractivity contribution in [2.24, 2.45) is 0 Å². The summed E-state index contributed by atoms with van der Waals surface area (Å²) in [5.74, 6) is 0.0210. The Kier molecular flexibility index (Phi) is 3.48. The van der Waals surface area contributed by atoms with E-state index in [1.165, 1.54) is 11.3 Å². The first-order valence-electron chi connectivity index (χ1n) is 6.49. The Hall–Kier alpha value is -1.15. The minimum absolute atomic E-state index is 0.189. The van der Waals surface area contributed by atoms with Gasteiger partial charge in [-0.1, -0.05) is 0 Å². The fourth-order valence-electron chi connectivity index (χ4n) is 2.51. The van der Waals surface area contributed by atoms with Crippen LogP contribution in [0.15, 0.2) is 12.1 Å². The normalized spacial score (nSPS) is 15.6. The first-order chi connectivity index (χ1) is 9.77. The molecule has 0 fully saturated rings. The van der Waals surface area contributed by atoms with Crippen molar-refractivity contribution in [2.45, 2.75) is 32.8 Å². The van der Waals surface area contributed by atoms with Gasteiger partial charge >= 0.3 is 5.97 Å². The SMILES string of the molecule is Cc1nc(-c2cc(I)c3c(c2)CC(C)(C)O3)sc1C(=O)O. The molecule has 1 aliphatic rings. The lowest BCUT2D eigenvalue weighted by Crippen LogP contribution is -2.24. The number of hydrogen-bond donors (Lipinski definition) is 1. The van der Waals surface area contributed by atoms with Crippen molar-refractivity contribution in [1.29, 1.82) is 0 Å². The molecule has 1 aromatic carbocycles. The van der Waals surface area contributed by atoms with E-state index in [1.54, 1.807) is 6.92 Å². The summed E-state index contributed by atoms with van der Waals surface area (Å²) in [7, 11) is 0. The van der Waals surface area contributed by atoms with E-state index in [0.29, 0.717) is 10.6 Å². The van der Waals surface area contributed by atoms with Crippen molar-refractivity contribution in [3.05, 3.63) is 31.8 Å². The van der Waals surface area contributed by atoms with Crippen LogP contribution >= 0.6 is 33.9 Å². The topological polar surface area (TPSA) is 59.4 Å². The van der Waals surface area contributed by atoms with Gasteiger partial charge in [0.05, 0.1) is 9.26 Å². The predicted octanol–water partition coefficient (Wildman–Crippen LogP) is 4.13. The van der Waals surface area contributed by atoms with Gasteiger partial charge in [0.2, 0.25) is 0 Å². The number of fused-ring (bicyclic) bond motifs is 1. The molecular formula is C15H14INO3S. The van der Waals surface area contributed by atoms with Crippen molar-refractivity contribution in [1.82, 2.24) is 4.98 Å². The zero-order valence-electron chi connectivity index (χ0n) is 11.9. The zero-order chi connectivity index (χ0) is 15.4. The highest BCUT2D eigenvalue weighted by molar-refractivity contribution is 14.1. The van der Waals surface area contributed by atoms with Crippen molar-refractivity contribution in [3.63, 3.8) is 0 Å². The van der Waals surface area contributed by atoms with Gasteiger partial charge in [-0.25, -0.2) is 9.78 Å². The van der Waals surface area contributed by atoms with Crippen molar-refractivity contribution >= 4 is 39.9 Å². The van der Waals surface area contributed by atoms with Gasteiger partial charge in [-0.2, -0.15) is 0 Å². The monoisotopic (exact) mass is 415 g/mol. The van der Waals surface area contributed by atoms with Crippen LogP contribution in [-0.4, -0.2) is 21.7 Å². The lowest BCUT2D eigenvalue weighted by molar-refractivity contribution is 0.0701. The van der Waals surface area contributed by atoms with Crippen LogP contribution in [0.25, 0.3) is 10.6 Å². The molecule has 0 unspecified atom stereocenters. The fourth-order valence-corrected chi connectivity index (χ4v) is 4.19. The van der Waals surface area contributed by atoms with E-state index < -0.39 is 5.97 Å². The number of aromatic nitrogens is 1. The number of halogens is 1. The standard InChI is InChI=1S/C15H14INO3S/c1-7-12(14(18)19)21-13(17-7)8-4-9-6-15(2,3)20-11(9)10(16)5-8/h4-5H,6H2,1-3H3,(H,18,19). The van der Waals surface area contributed by atoms with Crippen LogP contribution in [0.1, 0.15) is 34.8 Å². The van der Waals surface area contributed by atoms with Gasteiger partial charge in [-0.15, -0.1) is 11.3 Å². The van der Waals surface area contributed by atoms with Gasteiger partial charge in [0.25, 0.3) is 0 Å². The molecule has 2 heterocycles. The molecular weight excluding hydrogens is 401 g/mol. The van der Waals surface area contributed by atoms with Gasteiger partial charge in [-0.05, 0) is 61.1 Å². The third-order valence-electron chi connectivity index (χ3n) is 3.35. The zero-order valence-corrected chi connectivity index (χ0v) is 14.8. The summed E-state index contributed by atoms with van der Waals surface area (Å²) < 4.78 is 7.00. The van der Waals surface area contributed by atoms with Gasteiger partial charge in [0.15, 0.2) is 0 Å². The third kappa shape index (κ3) is 2.66. The molecule has 0 bridgehead atoms. The summed E-state index contributed by atoms with van der Waals surface area (Å²) in [6.45, 7) is 5.87. The van der Waals surface area contributed by atoms with Crippen molar-refractivity contribution < 1.29 is 14.6 Å². The van der Waals surface area contributed by atoms with E-state index in [9.17, 15) is 4.79 Å². The van der Waals surface area contributed by atoms with E-state index in [2.05, 4.69) is 47.5 Å². The Balaban J connectivity index is 2.08. The van der Waals surface area contributed by atoms with Gasteiger partial charge < -0.3 is 9.84 Å². The van der Waals surface area contributed by atoms with E-state index in [0.717, 1.165) is 31.9 Å². The average molecular weight is 415 g/mol. The highest BCUT2D eigenvalue weighted by atomic mass is 127. The summed E-state index contributed by atoms with van der Waals surface area (Å²) in [5, 5.41) is 9.90. The van der Waals surface area contributed by atoms with E-state index in [1.807, 2.05) is 6.07 Å². The molecule has 0 aliphatic carbocycles. The molecule has 0 radical (unpaired) electrons. The summed E-state index contributed by atoms with van der Waals surface area (Å²) in [6, 6.07) is 4.07. The largest absolute Gasteiger partial charge is 0.486 e. The molecule has 6 heteroatoms. The smallest absolute Gasteiger partial charge is 0.347 e. The number of carbonyl (C=O) groups is 1. The predicted molar refractivity (Wildman–Crippen MR) is 90.4 cm³/mol. The van der Waals surface area contributed by atoms with Gasteiger partial charge in [0.1, 0.15) is 21.2 Å². The quantitative estimate of drug-likeness (QED) is 0.750. The summed E-state index contributed by atoms with van der Waals surface area (Å²) in [4.78, 5) is 15.9. The second kappa shape index (κ2) is 4.95. The number of carboxylic acid groups (broad SMARTS) is 1.